The summed E-state index contributed by atoms with van der Waals surface area (Å²) in [5.74, 6) is -0.189. The van der Waals surface area contributed by atoms with Crippen molar-refractivity contribution in [3.8, 4) is 6.07 Å². The van der Waals surface area contributed by atoms with E-state index in [0.29, 0.717) is 25.3 Å². The van der Waals surface area contributed by atoms with Crippen LogP contribution in [0.5, 0.6) is 0 Å². The average molecular weight is 236 g/mol. The van der Waals surface area contributed by atoms with Gasteiger partial charge in [0.1, 0.15) is 11.9 Å². The van der Waals surface area contributed by atoms with Crippen molar-refractivity contribution in [3.05, 3.63) is 35.6 Å². The number of rotatable bonds is 6. The molecule has 0 saturated heterocycles. The number of hydrogen-bond donors (Lipinski definition) is 0. The lowest BCUT2D eigenvalue weighted by Gasteiger charge is -2.17. The van der Waals surface area contributed by atoms with Crippen LogP contribution in [-0.4, -0.2) is 31.2 Å². The second-order valence-electron chi connectivity index (χ2n) is 3.97. The van der Waals surface area contributed by atoms with Crippen LogP contribution in [0.25, 0.3) is 0 Å². The van der Waals surface area contributed by atoms with Gasteiger partial charge >= 0.3 is 0 Å². The molecule has 0 aliphatic rings. The number of likely N-dealkylation sites (N-methyl/N-ethyl adjacent to an activating group) is 1. The van der Waals surface area contributed by atoms with Gasteiger partial charge in [-0.2, -0.15) is 5.26 Å². The molecule has 0 aliphatic heterocycles. The van der Waals surface area contributed by atoms with Crippen molar-refractivity contribution in [1.82, 2.24) is 4.90 Å². The molecule has 1 rings (SSSR count). The monoisotopic (exact) mass is 236 g/mol. The summed E-state index contributed by atoms with van der Waals surface area (Å²) < 4.78 is 18.6. The van der Waals surface area contributed by atoms with Crippen LogP contribution in [0.15, 0.2) is 24.3 Å². The smallest absolute Gasteiger partial charge is 0.141 e. The molecule has 1 unspecified atom stereocenters. The van der Waals surface area contributed by atoms with Crippen molar-refractivity contribution in [3.63, 3.8) is 0 Å². The number of ether oxygens (including phenoxy) is 1. The van der Waals surface area contributed by atoms with Crippen LogP contribution < -0.4 is 0 Å². The molecule has 92 valence electrons. The third-order valence-electron chi connectivity index (χ3n) is 2.42. The summed E-state index contributed by atoms with van der Waals surface area (Å²) in [5, 5.41) is 8.53. The molecule has 3 nitrogen and oxygen atoms in total. The molecular formula is C13H17FN2O. The summed E-state index contributed by atoms with van der Waals surface area (Å²) in [6.45, 7) is 3.38. The maximum atomic E-state index is 13.4. The normalized spacial score (nSPS) is 12.4. The van der Waals surface area contributed by atoms with E-state index in [1.54, 1.807) is 19.1 Å². The van der Waals surface area contributed by atoms with E-state index in [2.05, 4.69) is 0 Å². The second-order valence-corrected chi connectivity index (χ2v) is 3.97. The summed E-state index contributed by atoms with van der Waals surface area (Å²) >= 11 is 0. The summed E-state index contributed by atoms with van der Waals surface area (Å²) in [6.07, 6.45) is -0.392. The lowest BCUT2D eigenvalue weighted by Crippen LogP contribution is -2.24. The molecule has 0 amide bonds. The topological polar surface area (TPSA) is 36.3 Å². The Bertz CT molecular complexity index is 389. The molecule has 1 aromatic carbocycles. The van der Waals surface area contributed by atoms with E-state index in [9.17, 15) is 4.39 Å². The number of nitrogens with zero attached hydrogens (tertiary/aromatic N) is 2. The van der Waals surface area contributed by atoms with Crippen LogP contribution in [0, 0.1) is 17.1 Å². The van der Waals surface area contributed by atoms with Gasteiger partial charge in [0.05, 0.1) is 12.7 Å². The Kier molecular flexibility index (Phi) is 5.61. The van der Waals surface area contributed by atoms with Gasteiger partial charge in [0.25, 0.3) is 0 Å². The highest BCUT2D eigenvalue weighted by atomic mass is 19.1. The van der Waals surface area contributed by atoms with Crippen molar-refractivity contribution in [2.24, 2.45) is 0 Å². The fraction of sp³-hybridized carbons (Fsp3) is 0.462. The molecule has 0 N–H and O–H groups in total. The van der Waals surface area contributed by atoms with E-state index < -0.39 is 6.10 Å². The van der Waals surface area contributed by atoms with Crippen LogP contribution in [0.1, 0.15) is 12.5 Å². The van der Waals surface area contributed by atoms with E-state index in [0.717, 1.165) is 0 Å². The Morgan fingerprint density at radius 2 is 2.18 bits per heavy atom. The first-order chi connectivity index (χ1) is 8.13. The van der Waals surface area contributed by atoms with Crippen molar-refractivity contribution >= 4 is 0 Å². The first kappa shape index (κ1) is 13.6. The third-order valence-corrected chi connectivity index (χ3v) is 2.42. The molecule has 0 bridgehead atoms. The van der Waals surface area contributed by atoms with E-state index in [1.807, 2.05) is 24.1 Å². The Morgan fingerprint density at radius 1 is 1.47 bits per heavy atom. The van der Waals surface area contributed by atoms with Gasteiger partial charge in [0, 0.05) is 18.7 Å². The minimum absolute atomic E-state index is 0.189. The maximum absolute atomic E-state index is 13.4. The van der Waals surface area contributed by atoms with Gasteiger partial charge in [0.15, 0.2) is 0 Å². The van der Waals surface area contributed by atoms with Gasteiger partial charge in [-0.15, -0.1) is 0 Å². The van der Waals surface area contributed by atoms with Gasteiger partial charge in [-0.1, -0.05) is 18.2 Å². The number of hydrogen-bond acceptors (Lipinski definition) is 3. The molecule has 0 radical (unpaired) electrons. The van der Waals surface area contributed by atoms with Crippen molar-refractivity contribution in [2.45, 2.75) is 19.6 Å². The molecule has 0 fully saturated rings. The minimum atomic E-state index is -0.392. The molecular weight excluding hydrogens is 219 g/mol. The summed E-state index contributed by atoms with van der Waals surface area (Å²) in [5.41, 5.74) is 0.670. The zero-order valence-corrected chi connectivity index (χ0v) is 10.2. The highest BCUT2D eigenvalue weighted by Gasteiger charge is 2.05. The fourth-order valence-corrected chi connectivity index (χ4v) is 1.42. The van der Waals surface area contributed by atoms with Gasteiger partial charge in [0.2, 0.25) is 0 Å². The average Bonchev–Trinajstić information content (AvgIpc) is 2.32. The fourth-order valence-electron chi connectivity index (χ4n) is 1.42. The summed E-state index contributed by atoms with van der Waals surface area (Å²) in [7, 11) is 1.90. The summed E-state index contributed by atoms with van der Waals surface area (Å²) in [4.78, 5) is 1.96. The zero-order valence-electron chi connectivity index (χ0n) is 10.2. The molecule has 1 atom stereocenters. The summed E-state index contributed by atoms with van der Waals surface area (Å²) in [6, 6.07) is 8.72. The number of nitriles is 1. The van der Waals surface area contributed by atoms with E-state index in [-0.39, 0.29) is 5.82 Å². The van der Waals surface area contributed by atoms with Crippen LogP contribution >= 0.6 is 0 Å². The predicted molar refractivity (Wildman–Crippen MR) is 63.8 cm³/mol. The SMILES string of the molecule is CC(C#N)OCCN(C)Cc1ccccc1F. The standard InChI is InChI=1S/C13H17FN2O/c1-11(9-15)17-8-7-16(2)10-12-5-3-4-6-13(12)14/h3-6,11H,7-8,10H2,1-2H3. The largest absolute Gasteiger partial charge is 0.362 e. The lowest BCUT2D eigenvalue weighted by atomic mass is 10.2. The molecule has 0 aliphatic carbocycles. The minimum Gasteiger partial charge on any atom is -0.362 e. The highest BCUT2D eigenvalue weighted by molar-refractivity contribution is 5.16. The van der Waals surface area contributed by atoms with Gasteiger partial charge in [-0.25, -0.2) is 4.39 Å². The van der Waals surface area contributed by atoms with Gasteiger partial charge in [-0.05, 0) is 20.0 Å². The van der Waals surface area contributed by atoms with Crippen molar-refractivity contribution in [1.29, 1.82) is 5.26 Å². The number of halogens is 1. The Hall–Kier alpha value is -1.44. The Morgan fingerprint density at radius 3 is 2.82 bits per heavy atom. The molecule has 4 heteroatoms. The lowest BCUT2D eigenvalue weighted by molar-refractivity contribution is 0.0825. The van der Waals surface area contributed by atoms with Crippen LogP contribution in [0.3, 0.4) is 0 Å². The first-order valence-corrected chi connectivity index (χ1v) is 5.56. The predicted octanol–water partition coefficient (Wildman–Crippen LogP) is 2.19. The Labute approximate surface area is 101 Å². The van der Waals surface area contributed by atoms with Crippen LogP contribution in [-0.2, 0) is 11.3 Å². The molecule has 0 saturated carbocycles. The maximum Gasteiger partial charge on any atom is 0.141 e. The van der Waals surface area contributed by atoms with Gasteiger partial charge < -0.3 is 4.74 Å². The second kappa shape index (κ2) is 7.00. The molecule has 0 heterocycles. The third kappa shape index (κ3) is 4.94. The van der Waals surface area contributed by atoms with Gasteiger partial charge in [-0.3, -0.25) is 4.90 Å². The molecule has 17 heavy (non-hydrogen) atoms. The zero-order chi connectivity index (χ0) is 12.7. The highest BCUT2D eigenvalue weighted by Crippen LogP contribution is 2.08. The van der Waals surface area contributed by atoms with E-state index in [4.69, 9.17) is 10.00 Å². The first-order valence-electron chi connectivity index (χ1n) is 5.56. The quantitative estimate of drug-likeness (QED) is 0.759. The Balaban J connectivity index is 2.33. The van der Waals surface area contributed by atoms with E-state index in [1.165, 1.54) is 6.07 Å². The van der Waals surface area contributed by atoms with Crippen LogP contribution in [0.2, 0.25) is 0 Å². The molecule has 1 aromatic rings. The van der Waals surface area contributed by atoms with Crippen molar-refractivity contribution in [2.75, 3.05) is 20.2 Å². The number of benzene rings is 1. The van der Waals surface area contributed by atoms with E-state index >= 15 is 0 Å². The van der Waals surface area contributed by atoms with Crippen LogP contribution in [0.4, 0.5) is 4.39 Å². The molecule has 0 spiro atoms. The molecule has 0 aromatic heterocycles. The van der Waals surface area contributed by atoms with Crippen molar-refractivity contribution < 1.29 is 9.13 Å².